The summed E-state index contributed by atoms with van der Waals surface area (Å²) in [7, 11) is 0. The lowest BCUT2D eigenvalue weighted by atomic mass is 9.79. The van der Waals surface area contributed by atoms with Crippen molar-refractivity contribution in [1.29, 1.82) is 0 Å². The van der Waals surface area contributed by atoms with E-state index in [4.69, 9.17) is 5.11 Å². The van der Waals surface area contributed by atoms with Gasteiger partial charge in [0.25, 0.3) is 0 Å². The Kier molecular flexibility index (Phi) is 3.09. The SMILES string of the molecule is CC(C)C1CNC(=O)CC1CO. The van der Waals surface area contributed by atoms with Crippen LogP contribution in [-0.2, 0) is 4.79 Å². The Balaban J connectivity index is 2.56. The van der Waals surface area contributed by atoms with E-state index in [0.717, 1.165) is 6.54 Å². The highest BCUT2D eigenvalue weighted by atomic mass is 16.3. The second-order valence-electron chi connectivity index (χ2n) is 3.86. The maximum Gasteiger partial charge on any atom is 0.220 e. The number of amides is 1. The van der Waals surface area contributed by atoms with Crippen LogP contribution >= 0.6 is 0 Å². The fourth-order valence-corrected chi connectivity index (χ4v) is 1.84. The zero-order valence-electron chi connectivity index (χ0n) is 7.71. The zero-order chi connectivity index (χ0) is 9.14. The van der Waals surface area contributed by atoms with Gasteiger partial charge in [0.05, 0.1) is 0 Å². The molecule has 0 aromatic rings. The largest absolute Gasteiger partial charge is 0.396 e. The average molecular weight is 171 g/mol. The molecule has 0 aromatic heterocycles. The van der Waals surface area contributed by atoms with Gasteiger partial charge in [0, 0.05) is 19.6 Å². The van der Waals surface area contributed by atoms with Crippen molar-refractivity contribution in [2.45, 2.75) is 20.3 Å². The van der Waals surface area contributed by atoms with Crippen molar-refractivity contribution in [2.75, 3.05) is 13.2 Å². The summed E-state index contributed by atoms with van der Waals surface area (Å²) in [5.74, 6) is 1.21. The van der Waals surface area contributed by atoms with Gasteiger partial charge in [0.1, 0.15) is 0 Å². The highest BCUT2D eigenvalue weighted by molar-refractivity contribution is 5.77. The number of hydrogen-bond acceptors (Lipinski definition) is 2. The summed E-state index contributed by atoms with van der Waals surface area (Å²) in [5.41, 5.74) is 0. The summed E-state index contributed by atoms with van der Waals surface area (Å²) < 4.78 is 0. The summed E-state index contributed by atoms with van der Waals surface area (Å²) in [6, 6.07) is 0. The molecule has 1 heterocycles. The first-order chi connectivity index (χ1) is 5.65. The van der Waals surface area contributed by atoms with Crippen molar-refractivity contribution in [3.63, 3.8) is 0 Å². The molecule has 3 heteroatoms. The third-order valence-electron chi connectivity index (χ3n) is 2.68. The highest BCUT2D eigenvalue weighted by Gasteiger charge is 2.30. The van der Waals surface area contributed by atoms with Gasteiger partial charge < -0.3 is 10.4 Å². The first kappa shape index (κ1) is 9.52. The third-order valence-corrected chi connectivity index (χ3v) is 2.68. The Hall–Kier alpha value is -0.570. The maximum atomic E-state index is 11.0. The van der Waals surface area contributed by atoms with Crippen LogP contribution in [0.5, 0.6) is 0 Å². The Morgan fingerprint density at radius 2 is 2.33 bits per heavy atom. The van der Waals surface area contributed by atoms with Crippen molar-refractivity contribution in [3.8, 4) is 0 Å². The second kappa shape index (κ2) is 3.90. The third kappa shape index (κ3) is 1.97. The number of piperidine rings is 1. The monoisotopic (exact) mass is 171 g/mol. The van der Waals surface area contributed by atoms with Gasteiger partial charge in [0.15, 0.2) is 0 Å². The number of hydrogen-bond donors (Lipinski definition) is 2. The molecule has 1 rings (SSSR count). The molecule has 3 nitrogen and oxygen atoms in total. The van der Waals surface area contributed by atoms with Gasteiger partial charge in [-0.1, -0.05) is 13.8 Å². The average Bonchev–Trinajstić information content (AvgIpc) is 2.03. The molecule has 2 N–H and O–H groups in total. The number of rotatable bonds is 2. The van der Waals surface area contributed by atoms with Crippen molar-refractivity contribution in [2.24, 2.45) is 17.8 Å². The van der Waals surface area contributed by atoms with Crippen LogP contribution in [-0.4, -0.2) is 24.2 Å². The Labute approximate surface area is 73.2 Å². The predicted octanol–water partition coefficient (Wildman–Crippen LogP) is 0.387. The van der Waals surface area contributed by atoms with Gasteiger partial charge in [-0.2, -0.15) is 0 Å². The molecular formula is C9H17NO2. The maximum absolute atomic E-state index is 11.0. The van der Waals surface area contributed by atoms with Crippen molar-refractivity contribution >= 4 is 5.91 Å². The van der Waals surface area contributed by atoms with Crippen LogP contribution in [0, 0.1) is 17.8 Å². The molecule has 0 saturated carbocycles. The molecule has 1 aliphatic heterocycles. The van der Waals surface area contributed by atoms with Gasteiger partial charge in [0.2, 0.25) is 5.91 Å². The minimum Gasteiger partial charge on any atom is -0.396 e. The van der Waals surface area contributed by atoms with Crippen LogP contribution in [0.2, 0.25) is 0 Å². The molecule has 1 amide bonds. The molecule has 2 unspecified atom stereocenters. The van der Waals surface area contributed by atoms with Crippen LogP contribution in [0.4, 0.5) is 0 Å². The fourth-order valence-electron chi connectivity index (χ4n) is 1.84. The van der Waals surface area contributed by atoms with Gasteiger partial charge in [-0.25, -0.2) is 0 Å². The standard InChI is InChI=1S/C9H17NO2/c1-6(2)8-4-10-9(12)3-7(8)5-11/h6-8,11H,3-5H2,1-2H3,(H,10,12). The lowest BCUT2D eigenvalue weighted by Gasteiger charge is -2.32. The van der Waals surface area contributed by atoms with E-state index in [1.54, 1.807) is 0 Å². The van der Waals surface area contributed by atoms with E-state index >= 15 is 0 Å². The van der Waals surface area contributed by atoms with Crippen molar-refractivity contribution in [3.05, 3.63) is 0 Å². The predicted molar refractivity (Wildman–Crippen MR) is 46.5 cm³/mol. The number of nitrogens with one attached hydrogen (secondary N) is 1. The van der Waals surface area contributed by atoms with Gasteiger partial charge in [-0.15, -0.1) is 0 Å². The lowest BCUT2D eigenvalue weighted by molar-refractivity contribution is -0.125. The van der Waals surface area contributed by atoms with E-state index in [9.17, 15) is 4.79 Å². The smallest absolute Gasteiger partial charge is 0.220 e. The van der Waals surface area contributed by atoms with Crippen LogP contribution < -0.4 is 5.32 Å². The number of aliphatic hydroxyl groups is 1. The Morgan fingerprint density at radius 1 is 1.67 bits per heavy atom. The van der Waals surface area contributed by atoms with Gasteiger partial charge in [-0.05, 0) is 17.8 Å². The molecule has 70 valence electrons. The first-order valence-corrected chi connectivity index (χ1v) is 4.52. The lowest BCUT2D eigenvalue weighted by Crippen LogP contribution is -2.44. The van der Waals surface area contributed by atoms with Crippen LogP contribution in [0.25, 0.3) is 0 Å². The van der Waals surface area contributed by atoms with E-state index < -0.39 is 0 Å². The Morgan fingerprint density at radius 3 is 2.83 bits per heavy atom. The second-order valence-corrected chi connectivity index (χ2v) is 3.86. The molecule has 1 fully saturated rings. The van der Waals surface area contributed by atoms with Gasteiger partial charge >= 0.3 is 0 Å². The quantitative estimate of drug-likeness (QED) is 0.631. The minimum absolute atomic E-state index is 0.0750. The van der Waals surface area contributed by atoms with Crippen LogP contribution in [0.3, 0.4) is 0 Å². The van der Waals surface area contributed by atoms with Crippen LogP contribution in [0.15, 0.2) is 0 Å². The zero-order valence-corrected chi connectivity index (χ0v) is 7.71. The fraction of sp³-hybridized carbons (Fsp3) is 0.889. The molecule has 0 aromatic carbocycles. The first-order valence-electron chi connectivity index (χ1n) is 4.52. The number of carbonyl (C=O) groups excluding carboxylic acids is 1. The van der Waals surface area contributed by atoms with E-state index in [1.165, 1.54) is 0 Å². The topological polar surface area (TPSA) is 49.3 Å². The summed E-state index contributed by atoms with van der Waals surface area (Å²) in [6.07, 6.45) is 0.485. The van der Waals surface area contributed by atoms with Crippen LogP contribution in [0.1, 0.15) is 20.3 Å². The van der Waals surface area contributed by atoms with Crippen molar-refractivity contribution in [1.82, 2.24) is 5.32 Å². The van der Waals surface area contributed by atoms with E-state index in [2.05, 4.69) is 19.2 Å². The molecule has 0 spiro atoms. The van der Waals surface area contributed by atoms with Gasteiger partial charge in [-0.3, -0.25) is 4.79 Å². The molecule has 0 bridgehead atoms. The molecule has 0 aliphatic carbocycles. The van der Waals surface area contributed by atoms with E-state index in [-0.39, 0.29) is 18.4 Å². The van der Waals surface area contributed by atoms with E-state index in [0.29, 0.717) is 18.3 Å². The molecule has 1 aliphatic rings. The summed E-state index contributed by atoms with van der Waals surface area (Å²) in [4.78, 5) is 11.0. The summed E-state index contributed by atoms with van der Waals surface area (Å²) >= 11 is 0. The summed E-state index contributed by atoms with van der Waals surface area (Å²) in [6.45, 7) is 5.12. The molecular weight excluding hydrogens is 154 g/mol. The highest BCUT2D eigenvalue weighted by Crippen LogP contribution is 2.25. The molecule has 1 saturated heterocycles. The van der Waals surface area contributed by atoms with Crippen molar-refractivity contribution < 1.29 is 9.90 Å². The Bertz CT molecular complexity index is 168. The molecule has 0 radical (unpaired) electrons. The number of carbonyl (C=O) groups is 1. The molecule has 2 atom stereocenters. The normalized spacial score (nSPS) is 30.5. The summed E-state index contributed by atoms with van der Waals surface area (Å²) in [5, 5.41) is 11.9. The molecule has 12 heavy (non-hydrogen) atoms. The minimum atomic E-state index is 0.0750. The van der Waals surface area contributed by atoms with E-state index in [1.807, 2.05) is 0 Å². The number of aliphatic hydroxyl groups excluding tert-OH is 1.